The molecule has 0 amide bonds. The molecule has 1 fully saturated rings. The highest BCUT2D eigenvalue weighted by Crippen LogP contribution is 2.45. The van der Waals surface area contributed by atoms with Gasteiger partial charge in [0.05, 0.1) is 16.3 Å². The first-order chi connectivity index (χ1) is 15.5. The maximum absolute atomic E-state index is 13.7. The topological polar surface area (TPSA) is 116 Å². The zero-order chi connectivity index (χ0) is 22.3. The van der Waals surface area contributed by atoms with Crippen molar-refractivity contribution in [3.63, 3.8) is 0 Å². The van der Waals surface area contributed by atoms with Gasteiger partial charge in [0.15, 0.2) is 17.3 Å². The number of nitrogens with zero attached hydrogens (tertiary/aromatic N) is 3. The first-order valence-electron chi connectivity index (χ1n) is 10.7. The van der Waals surface area contributed by atoms with E-state index in [1.165, 1.54) is 0 Å². The lowest BCUT2D eigenvalue weighted by molar-refractivity contribution is 0.103. The Morgan fingerprint density at radius 2 is 1.69 bits per heavy atom. The van der Waals surface area contributed by atoms with Crippen molar-refractivity contribution in [2.24, 2.45) is 21.5 Å². The van der Waals surface area contributed by atoms with Crippen LogP contribution >= 0.6 is 11.6 Å². The smallest absolute Gasteiger partial charge is 0.220 e. The Labute approximate surface area is 190 Å². The van der Waals surface area contributed by atoms with Crippen LogP contribution in [0.25, 0.3) is 0 Å². The first kappa shape index (κ1) is 20.6. The molecule has 0 aromatic heterocycles. The lowest BCUT2D eigenvalue weighted by atomic mass is 9.86. The van der Waals surface area contributed by atoms with Gasteiger partial charge in [-0.1, -0.05) is 30.2 Å². The van der Waals surface area contributed by atoms with Crippen LogP contribution in [0.4, 0.5) is 5.69 Å². The third kappa shape index (κ3) is 3.44. The van der Waals surface area contributed by atoms with E-state index in [9.17, 15) is 4.79 Å². The highest BCUT2D eigenvalue weighted by atomic mass is 35.5. The van der Waals surface area contributed by atoms with E-state index in [2.05, 4.69) is 4.99 Å². The van der Waals surface area contributed by atoms with Gasteiger partial charge >= 0.3 is 0 Å². The van der Waals surface area contributed by atoms with Gasteiger partial charge in [0.1, 0.15) is 18.9 Å². The second kappa shape index (κ2) is 8.02. The minimum atomic E-state index is -0.701. The molecule has 0 bridgehead atoms. The van der Waals surface area contributed by atoms with Crippen molar-refractivity contribution in [3.05, 3.63) is 52.5 Å². The number of halogens is 1. The van der Waals surface area contributed by atoms with Crippen LogP contribution in [0.5, 0.6) is 11.5 Å². The van der Waals surface area contributed by atoms with Crippen molar-refractivity contribution in [3.8, 4) is 11.5 Å². The Hall–Kier alpha value is -3.26. The van der Waals surface area contributed by atoms with Crippen molar-refractivity contribution in [2.75, 3.05) is 18.1 Å². The molecule has 0 radical (unpaired) electrons. The number of ketones is 1. The standard InChI is InChI=1S/C23H24ClN5O3/c24-16-7-3-2-6-14(16)20(30)15-12-18-19(32-11-10-31-18)13-17(15)29-22(26)27-21(25)28-23(29)8-4-1-5-9-23/h2-3,6-7,12-13H,1,4-5,8-11H2,(H4,25,26,27,28). The lowest BCUT2D eigenvalue weighted by Crippen LogP contribution is -2.58. The fourth-order valence-electron chi connectivity index (χ4n) is 4.71. The number of carbonyl (C=O) groups excluding carboxylic acids is 1. The molecule has 32 heavy (non-hydrogen) atoms. The summed E-state index contributed by atoms with van der Waals surface area (Å²) in [6.07, 6.45) is 4.54. The SMILES string of the molecule is NC1=NC2(CCCCC2)N(c2cc3c(cc2C(=O)c2ccccc2Cl)OCCO3)C(N)=N1. The van der Waals surface area contributed by atoms with Crippen LogP contribution in [0.3, 0.4) is 0 Å². The molecule has 2 heterocycles. The molecule has 3 aliphatic rings. The fourth-order valence-corrected chi connectivity index (χ4v) is 4.93. The van der Waals surface area contributed by atoms with Gasteiger partial charge in [-0.25, -0.2) is 4.99 Å². The van der Waals surface area contributed by atoms with Crippen LogP contribution in [0, 0.1) is 0 Å². The zero-order valence-electron chi connectivity index (χ0n) is 17.5. The lowest BCUT2D eigenvalue weighted by Gasteiger charge is -2.46. The van der Waals surface area contributed by atoms with Gasteiger partial charge in [-0.05, 0) is 43.9 Å². The molecule has 2 aromatic rings. The largest absolute Gasteiger partial charge is 0.486 e. The summed E-state index contributed by atoms with van der Waals surface area (Å²) >= 11 is 6.36. The maximum Gasteiger partial charge on any atom is 0.220 e. The summed E-state index contributed by atoms with van der Waals surface area (Å²) in [7, 11) is 0. The Morgan fingerprint density at radius 3 is 2.41 bits per heavy atom. The van der Waals surface area contributed by atoms with Gasteiger partial charge in [0, 0.05) is 11.6 Å². The quantitative estimate of drug-likeness (QED) is 0.687. The van der Waals surface area contributed by atoms with Crippen LogP contribution < -0.4 is 25.8 Å². The summed E-state index contributed by atoms with van der Waals surface area (Å²) < 4.78 is 11.6. The van der Waals surface area contributed by atoms with Gasteiger partial charge in [0.25, 0.3) is 0 Å². The highest BCUT2D eigenvalue weighted by molar-refractivity contribution is 6.35. The number of hydrogen-bond acceptors (Lipinski definition) is 8. The minimum absolute atomic E-state index is 0.150. The number of ether oxygens (including phenoxy) is 2. The minimum Gasteiger partial charge on any atom is -0.486 e. The molecule has 0 saturated heterocycles. The van der Waals surface area contributed by atoms with Gasteiger partial charge in [0.2, 0.25) is 11.9 Å². The number of aliphatic imine (C=N–C) groups is 2. The van der Waals surface area contributed by atoms with Crippen LogP contribution in [-0.2, 0) is 0 Å². The van der Waals surface area contributed by atoms with E-state index < -0.39 is 5.66 Å². The van der Waals surface area contributed by atoms with Crippen molar-refractivity contribution in [1.29, 1.82) is 0 Å². The number of hydrogen-bond donors (Lipinski definition) is 2. The summed E-state index contributed by atoms with van der Waals surface area (Å²) in [5.41, 5.74) is 13.1. The first-order valence-corrected chi connectivity index (χ1v) is 11.1. The molecule has 2 aliphatic heterocycles. The monoisotopic (exact) mass is 453 g/mol. The third-order valence-electron chi connectivity index (χ3n) is 6.12. The van der Waals surface area contributed by atoms with Crippen LogP contribution in [0.2, 0.25) is 5.02 Å². The van der Waals surface area contributed by atoms with E-state index >= 15 is 0 Å². The van der Waals surface area contributed by atoms with E-state index in [4.69, 9.17) is 37.5 Å². The van der Waals surface area contributed by atoms with Crippen LogP contribution in [0.1, 0.15) is 48.0 Å². The second-order valence-corrected chi connectivity index (χ2v) is 8.55. The van der Waals surface area contributed by atoms with Crippen molar-refractivity contribution >= 4 is 35.0 Å². The molecule has 166 valence electrons. The van der Waals surface area contributed by atoms with Gasteiger partial charge in [-0.15, -0.1) is 0 Å². The van der Waals surface area contributed by atoms with Crippen LogP contribution in [0.15, 0.2) is 46.4 Å². The van der Waals surface area contributed by atoms with E-state index in [1.54, 1.807) is 36.4 Å². The fraction of sp³-hybridized carbons (Fsp3) is 0.348. The summed E-state index contributed by atoms with van der Waals surface area (Å²) in [5, 5.41) is 0.369. The van der Waals surface area contributed by atoms with E-state index in [-0.39, 0.29) is 17.7 Å². The normalized spacial score (nSPS) is 19.3. The molecule has 2 aromatic carbocycles. The maximum atomic E-state index is 13.7. The number of rotatable bonds is 3. The van der Waals surface area contributed by atoms with Crippen molar-refractivity contribution in [2.45, 2.75) is 37.8 Å². The third-order valence-corrected chi connectivity index (χ3v) is 6.45. The number of guanidine groups is 2. The van der Waals surface area contributed by atoms with E-state index in [0.717, 1.165) is 32.1 Å². The summed E-state index contributed by atoms with van der Waals surface area (Å²) in [6.45, 7) is 0.828. The molecule has 9 heteroatoms. The van der Waals surface area contributed by atoms with Gasteiger partial charge in [-0.2, -0.15) is 4.99 Å². The molecule has 4 N–H and O–H groups in total. The summed E-state index contributed by atoms with van der Waals surface area (Å²) in [6, 6.07) is 10.4. The Bertz CT molecular complexity index is 1140. The second-order valence-electron chi connectivity index (χ2n) is 8.14. The Balaban J connectivity index is 1.71. The summed E-state index contributed by atoms with van der Waals surface area (Å²) in [4.78, 5) is 24.5. The molecule has 1 spiro atoms. The Kier molecular flexibility index (Phi) is 5.17. The molecule has 8 nitrogen and oxygen atoms in total. The molecule has 0 unspecified atom stereocenters. The molecule has 5 rings (SSSR count). The molecule has 0 atom stereocenters. The van der Waals surface area contributed by atoms with Crippen LogP contribution in [-0.4, -0.2) is 36.6 Å². The van der Waals surface area contributed by atoms with Gasteiger partial charge < -0.3 is 20.9 Å². The predicted molar refractivity (Wildman–Crippen MR) is 124 cm³/mol. The molecular weight excluding hydrogens is 430 g/mol. The highest BCUT2D eigenvalue weighted by Gasteiger charge is 2.44. The average molecular weight is 454 g/mol. The van der Waals surface area contributed by atoms with E-state index in [1.807, 2.05) is 4.90 Å². The van der Waals surface area contributed by atoms with Crippen molar-refractivity contribution in [1.82, 2.24) is 0 Å². The number of fused-ring (bicyclic) bond motifs is 1. The predicted octanol–water partition coefficient (Wildman–Crippen LogP) is 3.45. The van der Waals surface area contributed by atoms with Gasteiger partial charge in [-0.3, -0.25) is 9.69 Å². The summed E-state index contributed by atoms with van der Waals surface area (Å²) in [5.74, 6) is 1.15. The molecular formula is C23H24ClN5O3. The van der Waals surface area contributed by atoms with E-state index in [0.29, 0.717) is 46.5 Å². The number of anilines is 1. The number of nitrogens with two attached hydrogens (primary N) is 2. The number of benzene rings is 2. The molecule has 1 aliphatic carbocycles. The average Bonchev–Trinajstić information content (AvgIpc) is 2.78. The zero-order valence-corrected chi connectivity index (χ0v) is 18.3. The van der Waals surface area contributed by atoms with Crippen molar-refractivity contribution < 1.29 is 14.3 Å². The molecule has 1 saturated carbocycles. The Morgan fingerprint density at radius 1 is 1.00 bits per heavy atom. The number of carbonyl (C=O) groups is 1.